The number of hydrogen-bond acceptors (Lipinski definition) is 2. The van der Waals surface area contributed by atoms with Crippen LogP contribution in [0.3, 0.4) is 0 Å². The molecule has 3 atom stereocenters. The van der Waals surface area contributed by atoms with Crippen LogP contribution in [-0.2, 0) is 9.59 Å². The summed E-state index contributed by atoms with van der Waals surface area (Å²) >= 11 is 0. The van der Waals surface area contributed by atoms with Crippen molar-refractivity contribution < 1.29 is 9.59 Å². The highest BCUT2D eigenvalue weighted by Crippen LogP contribution is 2.52. The Morgan fingerprint density at radius 1 is 1.32 bits per heavy atom. The smallest absolute Gasteiger partial charge is 0.136 e. The van der Waals surface area contributed by atoms with Gasteiger partial charge in [-0.25, -0.2) is 0 Å². The van der Waals surface area contributed by atoms with E-state index in [4.69, 9.17) is 0 Å². The van der Waals surface area contributed by atoms with Gasteiger partial charge < -0.3 is 0 Å². The molecule has 1 aliphatic carbocycles. The minimum absolute atomic E-state index is 0.0349. The van der Waals surface area contributed by atoms with E-state index in [1.807, 2.05) is 6.92 Å². The Labute approximate surface area is 118 Å². The van der Waals surface area contributed by atoms with Gasteiger partial charge in [0.1, 0.15) is 11.6 Å². The lowest BCUT2D eigenvalue weighted by atomic mass is 9.63. The van der Waals surface area contributed by atoms with Crippen LogP contribution in [0.4, 0.5) is 0 Å². The lowest BCUT2D eigenvalue weighted by molar-refractivity contribution is -0.130. The van der Waals surface area contributed by atoms with Crippen molar-refractivity contribution >= 4 is 11.6 Å². The molecule has 0 bridgehead atoms. The molecule has 0 amide bonds. The van der Waals surface area contributed by atoms with Crippen LogP contribution in [0.1, 0.15) is 73.1 Å². The zero-order valence-electron chi connectivity index (χ0n) is 13.3. The summed E-state index contributed by atoms with van der Waals surface area (Å²) in [4.78, 5) is 24.4. The molecule has 0 radical (unpaired) electrons. The van der Waals surface area contributed by atoms with Crippen LogP contribution in [0.5, 0.6) is 0 Å². The van der Waals surface area contributed by atoms with Gasteiger partial charge in [0.05, 0.1) is 0 Å². The molecule has 0 aromatic heterocycles. The molecule has 1 aliphatic rings. The highest BCUT2D eigenvalue weighted by molar-refractivity contribution is 5.87. The predicted octanol–water partition coefficient (Wildman–Crippen LogP) is 4.41. The lowest BCUT2D eigenvalue weighted by Gasteiger charge is -2.40. The summed E-state index contributed by atoms with van der Waals surface area (Å²) in [6, 6.07) is 0. The molecule has 0 aromatic carbocycles. The first-order valence-electron chi connectivity index (χ1n) is 7.94. The van der Waals surface area contributed by atoms with Crippen LogP contribution < -0.4 is 0 Å². The number of carbonyl (C=O) groups excluding carboxylic acids is 2. The molecule has 1 fully saturated rings. The third-order valence-electron chi connectivity index (χ3n) is 5.21. The van der Waals surface area contributed by atoms with Gasteiger partial charge in [-0.2, -0.15) is 0 Å². The van der Waals surface area contributed by atoms with Crippen molar-refractivity contribution in [3.05, 3.63) is 0 Å². The Morgan fingerprint density at radius 2 is 1.95 bits per heavy atom. The summed E-state index contributed by atoms with van der Waals surface area (Å²) < 4.78 is 0. The molecule has 0 heterocycles. The largest absolute Gasteiger partial charge is 0.299 e. The van der Waals surface area contributed by atoms with Gasteiger partial charge >= 0.3 is 0 Å². The van der Waals surface area contributed by atoms with Gasteiger partial charge in [-0.1, -0.05) is 41.0 Å². The second kappa shape index (κ2) is 6.67. The fourth-order valence-corrected chi connectivity index (χ4v) is 3.88. The second-order valence-corrected chi connectivity index (χ2v) is 6.63. The van der Waals surface area contributed by atoms with Crippen molar-refractivity contribution in [3.63, 3.8) is 0 Å². The Balaban J connectivity index is 3.02. The van der Waals surface area contributed by atoms with Gasteiger partial charge in [0.15, 0.2) is 0 Å². The summed E-state index contributed by atoms with van der Waals surface area (Å²) in [6.07, 6.45) is 5.22. The molecule has 0 aliphatic heterocycles. The van der Waals surface area contributed by atoms with E-state index in [0.717, 1.165) is 25.7 Å². The standard InChI is InChI=1S/C17H30O2/c1-6-14-16(19)9-11-17(14,10-8-12(3)4)13(5)15(18)7-2/h12-14H,6-11H2,1-5H3/t13-,14+,17-/m0/s1. The molecule has 0 unspecified atom stereocenters. The molecule has 110 valence electrons. The summed E-state index contributed by atoms with van der Waals surface area (Å²) in [5.74, 6) is 1.50. The highest BCUT2D eigenvalue weighted by atomic mass is 16.1. The fourth-order valence-electron chi connectivity index (χ4n) is 3.88. The van der Waals surface area contributed by atoms with Gasteiger partial charge in [-0.05, 0) is 30.6 Å². The number of hydrogen-bond donors (Lipinski definition) is 0. The van der Waals surface area contributed by atoms with E-state index < -0.39 is 0 Å². The van der Waals surface area contributed by atoms with Crippen LogP contribution in [0, 0.1) is 23.2 Å². The average Bonchev–Trinajstić information content (AvgIpc) is 2.72. The van der Waals surface area contributed by atoms with E-state index in [1.165, 1.54) is 0 Å². The third-order valence-corrected chi connectivity index (χ3v) is 5.21. The van der Waals surface area contributed by atoms with Crippen LogP contribution >= 0.6 is 0 Å². The van der Waals surface area contributed by atoms with Crippen molar-refractivity contribution in [2.75, 3.05) is 0 Å². The second-order valence-electron chi connectivity index (χ2n) is 6.63. The summed E-state index contributed by atoms with van der Waals surface area (Å²) in [6.45, 7) is 10.5. The van der Waals surface area contributed by atoms with Gasteiger partial charge in [0.25, 0.3) is 0 Å². The van der Waals surface area contributed by atoms with Crippen molar-refractivity contribution in [2.24, 2.45) is 23.2 Å². The van der Waals surface area contributed by atoms with Crippen LogP contribution in [0.2, 0.25) is 0 Å². The molecule has 2 heteroatoms. The monoisotopic (exact) mass is 266 g/mol. The Morgan fingerprint density at radius 3 is 2.42 bits per heavy atom. The van der Waals surface area contributed by atoms with Gasteiger partial charge in [0, 0.05) is 24.7 Å². The van der Waals surface area contributed by atoms with E-state index in [0.29, 0.717) is 30.3 Å². The highest BCUT2D eigenvalue weighted by Gasteiger charge is 2.51. The lowest BCUT2D eigenvalue weighted by Crippen LogP contribution is -2.39. The quantitative estimate of drug-likeness (QED) is 0.684. The van der Waals surface area contributed by atoms with E-state index >= 15 is 0 Å². The Hall–Kier alpha value is -0.660. The topological polar surface area (TPSA) is 34.1 Å². The van der Waals surface area contributed by atoms with Gasteiger partial charge in [-0.3, -0.25) is 9.59 Å². The molecule has 0 saturated heterocycles. The Bertz CT molecular complexity index is 332. The maximum Gasteiger partial charge on any atom is 0.136 e. The third kappa shape index (κ3) is 3.27. The first-order chi connectivity index (χ1) is 8.89. The first-order valence-corrected chi connectivity index (χ1v) is 7.94. The SMILES string of the molecule is CCC(=O)[C@H](C)[C@]1(CCC(C)C)CCC(=O)[C@H]1CC. The van der Waals surface area contributed by atoms with Gasteiger partial charge in [-0.15, -0.1) is 0 Å². The minimum atomic E-state index is -0.0524. The van der Waals surface area contributed by atoms with E-state index in [-0.39, 0.29) is 17.3 Å². The zero-order valence-corrected chi connectivity index (χ0v) is 13.3. The minimum Gasteiger partial charge on any atom is -0.299 e. The van der Waals surface area contributed by atoms with E-state index in [2.05, 4.69) is 27.7 Å². The summed E-state index contributed by atoms with van der Waals surface area (Å²) in [5, 5.41) is 0. The molecular formula is C17H30O2. The molecular weight excluding hydrogens is 236 g/mol. The maximum atomic E-state index is 12.2. The van der Waals surface area contributed by atoms with Crippen molar-refractivity contribution in [2.45, 2.75) is 73.1 Å². The van der Waals surface area contributed by atoms with Crippen LogP contribution in [0.15, 0.2) is 0 Å². The average molecular weight is 266 g/mol. The molecule has 1 saturated carbocycles. The summed E-state index contributed by atoms with van der Waals surface area (Å²) in [5.41, 5.74) is -0.0524. The predicted molar refractivity (Wildman–Crippen MR) is 79.0 cm³/mol. The summed E-state index contributed by atoms with van der Waals surface area (Å²) in [7, 11) is 0. The molecule has 2 nitrogen and oxygen atoms in total. The number of rotatable bonds is 7. The Kier molecular flexibility index (Phi) is 5.76. The van der Waals surface area contributed by atoms with Crippen LogP contribution in [-0.4, -0.2) is 11.6 Å². The molecule has 1 rings (SSSR count). The van der Waals surface area contributed by atoms with Crippen LogP contribution in [0.25, 0.3) is 0 Å². The number of carbonyl (C=O) groups is 2. The van der Waals surface area contributed by atoms with E-state index in [9.17, 15) is 9.59 Å². The first kappa shape index (κ1) is 16.4. The van der Waals surface area contributed by atoms with Crippen molar-refractivity contribution in [1.29, 1.82) is 0 Å². The van der Waals surface area contributed by atoms with Gasteiger partial charge in [0.2, 0.25) is 0 Å². The fraction of sp³-hybridized carbons (Fsp3) is 0.882. The zero-order chi connectivity index (χ0) is 14.6. The number of ketones is 2. The number of Topliss-reactive ketones (excluding diaryl/α,β-unsaturated/α-hetero) is 2. The van der Waals surface area contributed by atoms with Crippen molar-refractivity contribution in [1.82, 2.24) is 0 Å². The van der Waals surface area contributed by atoms with E-state index in [1.54, 1.807) is 0 Å². The molecule has 0 N–H and O–H groups in total. The normalized spacial score (nSPS) is 28.9. The molecule has 0 aromatic rings. The molecule has 0 spiro atoms. The maximum absolute atomic E-state index is 12.2. The molecule has 19 heavy (non-hydrogen) atoms. The van der Waals surface area contributed by atoms with Crippen molar-refractivity contribution in [3.8, 4) is 0 Å².